The van der Waals surface area contributed by atoms with E-state index in [0.29, 0.717) is 11.8 Å². The predicted octanol–water partition coefficient (Wildman–Crippen LogP) is 7.44. The van der Waals surface area contributed by atoms with Crippen LogP contribution in [0.3, 0.4) is 0 Å². The van der Waals surface area contributed by atoms with Crippen molar-refractivity contribution in [2.45, 2.75) is 33.1 Å². The fourth-order valence-corrected chi connectivity index (χ4v) is 4.14. The van der Waals surface area contributed by atoms with Crippen molar-refractivity contribution < 1.29 is 0 Å². The number of hydrogen-bond donors (Lipinski definition) is 0. The topological polar surface area (TPSA) is 0 Å². The van der Waals surface area contributed by atoms with Gasteiger partial charge in [-0.05, 0) is 57.3 Å². The summed E-state index contributed by atoms with van der Waals surface area (Å²) in [5.41, 5.74) is 2.92. The third kappa shape index (κ3) is 4.06. The Balaban J connectivity index is 1.59. The van der Waals surface area contributed by atoms with Gasteiger partial charge in [0.15, 0.2) is 0 Å². The van der Waals surface area contributed by atoms with Gasteiger partial charge in [0, 0.05) is 0 Å². The van der Waals surface area contributed by atoms with Gasteiger partial charge in [-0.1, -0.05) is 105 Å². The van der Waals surface area contributed by atoms with Gasteiger partial charge in [0.1, 0.15) is 0 Å². The van der Waals surface area contributed by atoms with Gasteiger partial charge in [-0.3, -0.25) is 0 Å². The number of fused-ring (bicyclic) bond motifs is 2. The Bertz CT molecular complexity index is 962. The van der Waals surface area contributed by atoms with Gasteiger partial charge in [-0.25, -0.2) is 0 Å². The monoisotopic (exact) mass is 352 g/mol. The highest BCUT2D eigenvalue weighted by atomic mass is 14.2. The Kier molecular flexibility index (Phi) is 5.25. The average molecular weight is 353 g/mol. The van der Waals surface area contributed by atoms with E-state index in [-0.39, 0.29) is 0 Å². The van der Waals surface area contributed by atoms with E-state index in [1.165, 1.54) is 39.1 Å². The van der Waals surface area contributed by atoms with Crippen LogP contribution in [0.1, 0.15) is 31.4 Å². The predicted molar refractivity (Wildman–Crippen MR) is 118 cm³/mol. The second kappa shape index (κ2) is 7.96. The summed E-state index contributed by atoms with van der Waals surface area (Å²) >= 11 is 0. The molecule has 0 fully saturated rings. The first-order valence-corrected chi connectivity index (χ1v) is 10.2. The molecule has 0 aromatic heterocycles. The van der Waals surface area contributed by atoms with E-state index in [2.05, 4.69) is 98.8 Å². The zero-order chi connectivity index (χ0) is 18.6. The summed E-state index contributed by atoms with van der Waals surface area (Å²) in [5, 5.41) is 5.36. The van der Waals surface area contributed by atoms with E-state index in [1.807, 2.05) is 0 Å². The Morgan fingerprint density at radius 3 is 1.48 bits per heavy atom. The smallest absolute Gasteiger partial charge is 0.0181 e. The molecular weight excluding hydrogens is 324 g/mol. The summed E-state index contributed by atoms with van der Waals surface area (Å²) in [5.74, 6) is 1.38. The lowest BCUT2D eigenvalue weighted by atomic mass is 9.81. The van der Waals surface area contributed by atoms with Crippen molar-refractivity contribution in [3.8, 4) is 0 Å². The number of hydrogen-bond acceptors (Lipinski definition) is 0. The fourth-order valence-electron chi connectivity index (χ4n) is 4.14. The van der Waals surface area contributed by atoms with Crippen molar-refractivity contribution in [3.63, 3.8) is 0 Å². The van der Waals surface area contributed by atoms with Gasteiger partial charge in [0.25, 0.3) is 0 Å². The van der Waals surface area contributed by atoms with Crippen LogP contribution in [0.4, 0.5) is 0 Å². The minimum atomic E-state index is 0.664. The molecule has 0 bridgehead atoms. The molecule has 0 nitrogen and oxygen atoms in total. The molecule has 0 aliphatic rings. The first kappa shape index (κ1) is 17.8. The molecule has 4 aromatic carbocycles. The van der Waals surface area contributed by atoms with Crippen LogP contribution >= 0.6 is 0 Å². The molecule has 4 rings (SSSR count). The molecule has 0 N–H and O–H groups in total. The molecule has 0 saturated carbocycles. The van der Waals surface area contributed by atoms with Crippen molar-refractivity contribution in [3.05, 3.63) is 96.1 Å². The van der Waals surface area contributed by atoms with Crippen molar-refractivity contribution >= 4 is 21.5 Å². The van der Waals surface area contributed by atoms with Crippen LogP contribution in [0.5, 0.6) is 0 Å². The summed E-state index contributed by atoms with van der Waals surface area (Å²) in [6, 6.07) is 31.3. The summed E-state index contributed by atoms with van der Waals surface area (Å²) in [6.45, 7) is 4.73. The standard InChI is InChI=1S/C27H28/c1-3-20(2)27(18-21-12-14-23-8-4-6-10-25(23)16-21)19-22-13-15-24-9-5-7-11-26(24)17-22/h4-17,20,27H,3,18-19H2,1-2H3. The van der Waals surface area contributed by atoms with Gasteiger partial charge in [0.2, 0.25) is 0 Å². The Morgan fingerprint density at radius 2 is 1.04 bits per heavy atom. The Hall–Kier alpha value is -2.60. The molecule has 0 amide bonds. The van der Waals surface area contributed by atoms with Crippen LogP contribution in [-0.4, -0.2) is 0 Å². The highest BCUT2D eigenvalue weighted by Gasteiger charge is 2.17. The third-order valence-corrected chi connectivity index (χ3v) is 6.07. The van der Waals surface area contributed by atoms with Gasteiger partial charge in [-0.2, -0.15) is 0 Å². The largest absolute Gasteiger partial charge is 0.0651 e. The SMILES string of the molecule is CCC(C)C(Cc1ccc2ccccc2c1)Cc1ccc2ccccc2c1. The highest BCUT2D eigenvalue weighted by Crippen LogP contribution is 2.27. The summed E-state index contributed by atoms with van der Waals surface area (Å²) in [7, 11) is 0. The second-order valence-electron chi connectivity index (χ2n) is 7.92. The summed E-state index contributed by atoms with van der Waals surface area (Å²) in [6.07, 6.45) is 3.52. The zero-order valence-corrected chi connectivity index (χ0v) is 16.4. The van der Waals surface area contributed by atoms with Gasteiger partial charge in [-0.15, -0.1) is 0 Å². The minimum absolute atomic E-state index is 0.664. The van der Waals surface area contributed by atoms with Gasteiger partial charge in [0.05, 0.1) is 0 Å². The molecule has 1 unspecified atom stereocenters. The van der Waals surface area contributed by atoms with E-state index >= 15 is 0 Å². The maximum Gasteiger partial charge on any atom is -0.0181 e. The van der Waals surface area contributed by atoms with Crippen LogP contribution in [-0.2, 0) is 12.8 Å². The third-order valence-electron chi connectivity index (χ3n) is 6.07. The molecule has 27 heavy (non-hydrogen) atoms. The number of rotatable bonds is 6. The van der Waals surface area contributed by atoms with Crippen LogP contribution in [0.2, 0.25) is 0 Å². The lowest BCUT2D eigenvalue weighted by molar-refractivity contribution is 0.344. The molecule has 4 aromatic rings. The van der Waals surface area contributed by atoms with Crippen LogP contribution in [0.15, 0.2) is 84.9 Å². The average Bonchev–Trinajstić information content (AvgIpc) is 2.72. The molecular formula is C27H28. The maximum absolute atomic E-state index is 2.41. The molecule has 0 spiro atoms. The molecule has 0 aliphatic carbocycles. The molecule has 136 valence electrons. The van der Waals surface area contributed by atoms with Crippen LogP contribution < -0.4 is 0 Å². The summed E-state index contributed by atoms with van der Waals surface area (Å²) in [4.78, 5) is 0. The van der Waals surface area contributed by atoms with Gasteiger partial charge < -0.3 is 0 Å². The number of benzene rings is 4. The zero-order valence-electron chi connectivity index (χ0n) is 16.4. The molecule has 1 atom stereocenters. The summed E-state index contributed by atoms with van der Waals surface area (Å²) < 4.78 is 0. The first-order valence-electron chi connectivity index (χ1n) is 10.2. The fraction of sp³-hybridized carbons (Fsp3) is 0.259. The molecule has 0 radical (unpaired) electrons. The second-order valence-corrected chi connectivity index (χ2v) is 7.92. The minimum Gasteiger partial charge on any atom is -0.0651 e. The Labute approximate surface area is 162 Å². The van der Waals surface area contributed by atoms with Crippen molar-refractivity contribution in [1.82, 2.24) is 0 Å². The van der Waals surface area contributed by atoms with E-state index in [9.17, 15) is 0 Å². The van der Waals surface area contributed by atoms with Crippen molar-refractivity contribution in [1.29, 1.82) is 0 Å². The van der Waals surface area contributed by atoms with Crippen molar-refractivity contribution in [2.24, 2.45) is 11.8 Å². The van der Waals surface area contributed by atoms with Crippen molar-refractivity contribution in [2.75, 3.05) is 0 Å². The highest BCUT2D eigenvalue weighted by molar-refractivity contribution is 5.83. The van der Waals surface area contributed by atoms with E-state index < -0.39 is 0 Å². The van der Waals surface area contributed by atoms with Gasteiger partial charge >= 0.3 is 0 Å². The molecule has 0 aliphatic heterocycles. The maximum atomic E-state index is 2.41. The quantitative estimate of drug-likeness (QED) is 0.338. The van der Waals surface area contributed by atoms with Crippen LogP contribution in [0, 0.1) is 11.8 Å². The normalized spacial score (nSPS) is 12.7. The molecule has 0 saturated heterocycles. The first-order chi connectivity index (χ1) is 13.2. The van der Waals surface area contributed by atoms with E-state index in [4.69, 9.17) is 0 Å². The van der Waals surface area contributed by atoms with E-state index in [1.54, 1.807) is 0 Å². The molecule has 0 heterocycles. The van der Waals surface area contributed by atoms with Crippen LogP contribution in [0.25, 0.3) is 21.5 Å². The lowest BCUT2D eigenvalue weighted by Crippen LogP contribution is -2.17. The lowest BCUT2D eigenvalue weighted by Gasteiger charge is -2.24. The Morgan fingerprint density at radius 1 is 0.593 bits per heavy atom. The molecule has 0 heteroatoms. The van der Waals surface area contributed by atoms with E-state index in [0.717, 1.165) is 12.8 Å².